The van der Waals surface area contributed by atoms with Crippen molar-refractivity contribution in [3.63, 3.8) is 0 Å². The van der Waals surface area contributed by atoms with E-state index in [2.05, 4.69) is 248 Å². The van der Waals surface area contributed by atoms with Gasteiger partial charge in [-0.1, -0.05) is 169 Å². The van der Waals surface area contributed by atoms with E-state index in [1.807, 2.05) is 0 Å². The van der Waals surface area contributed by atoms with Gasteiger partial charge in [0.2, 0.25) is 0 Å². The molecule has 9 aromatic rings. The van der Waals surface area contributed by atoms with Gasteiger partial charge in [-0.3, -0.25) is 0 Å². The van der Waals surface area contributed by atoms with Crippen LogP contribution >= 0.6 is 0 Å². The predicted molar refractivity (Wildman–Crippen MR) is 291 cm³/mol. The van der Waals surface area contributed by atoms with Crippen LogP contribution < -0.4 is 9.80 Å². The number of hydrogen-bond donors (Lipinski definition) is 0. The van der Waals surface area contributed by atoms with Gasteiger partial charge in [0.15, 0.2) is 0 Å². The van der Waals surface area contributed by atoms with E-state index in [1.165, 1.54) is 101 Å². The lowest BCUT2D eigenvalue weighted by molar-refractivity contribution is 0.00964. The van der Waals surface area contributed by atoms with Gasteiger partial charge in [0.05, 0.1) is 0 Å². The molecule has 0 spiro atoms. The average Bonchev–Trinajstić information content (AvgIpc) is 3.40. The standard InChI is InChI=1S/C67H60N2/c1-47-11-31-61(32-12-47)69(62-33-13-48(2)14-34-62)66-10-6-9-58(44-66)56-19-17-51(18-20-56)54-25-37-64(38-26-54)68(63-35-23-53(24-36-63)50-7-4-3-5-8-50)65-39-27-55(28-40-65)52-21-29-60(30-22-52)67-42-41-57-16-15-49(45-67)43-59(57)46-67/h3-14,17-40,44,49,57,59H,15-16,41-43,45-46H2,1-2H3. The van der Waals surface area contributed by atoms with Crippen molar-refractivity contribution >= 4 is 34.1 Å². The molecular weight excluding hydrogens is 833 g/mol. The minimum absolute atomic E-state index is 0.406. The molecule has 3 bridgehead atoms. The molecule has 0 aliphatic heterocycles. The summed E-state index contributed by atoms with van der Waals surface area (Å²) in [5.41, 5.74) is 21.0. The van der Waals surface area contributed by atoms with Crippen LogP contribution in [0.1, 0.15) is 61.6 Å². The number of fused-ring (bicyclic) bond motifs is 2. The molecule has 4 unspecified atom stereocenters. The average molecular weight is 893 g/mol. The molecule has 0 heterocycles. The molecule has 338 valence electrons. The number of aryl methyl sites for hydroxylation is 2. The van der Waals surface area contributed by atoms with E-state index >= 15 is 0 Å². The van der Waals surface area contributed by atoms with E-state index in [9.17, 15) is 0 Å². The van der Waals surface area contributed by atoms with Gasteiger partial charge in [0, 0.05) is 34.1 Å². The van der Waals surface area contributed by atoms with Crippen LogP contribution in [-0.2, 0) is 5.41 Å². The topological polar surface area (TPSA) is 6.48 Å². The van der Waals surface area contributed by atoms with Crippen molar-refractivity contribution in [1.82, 2.24) is 0 Å². The fourth-order valence-corrected chi connectivity index (χ4v) is 12.4. The van der Waals surface area contributed by atoms with Gasteiger partial charge >= 0.3 is 0 Å². The first-order valence-electron chi connectivity index (χ1n) is 25.3. The molecule has 0 amide bonds. The Bertz CT molecular complexity index is 3120. The van der Waals surface area contributed by atoms with Crippen molar-refractivity contribution in [3.05, 3.63) is 241 Å². The molecule has 0 saturated heterocycles. The fourth-order valence-electron chi connectivity index (χ4n) is 12.4. The highest BCUT2D eigenvalue weighted by atomic mass is 15.1. The molecule has 0 N–H and O–H groups in total. The minimum Gasteiger partial charge on any atom is -0.311 e. The van der Waals surface area contributed by atoms with E-state index in [4.69, 9.17) is 0 Å². The molecule has 9 aromatic carbocycles. The van der Waals surface area contributed by atoms with Crippen molar-refractivity contribution in [2.45, 2.75) is 64.2 Å². The van der Waals surface area contributed by atoms with Crippen molar-refractivity contribution in [3.8, 4) is 44.5 Å². The van der Waals surface area contributed by atoms with Crippen molar-refractivity contribution < 1.29 is 0 Å². The molecule has 3 aliphatic carbocycles. The maximum atomic E-state index is 2.48. The van der Waals surface area contributed by atoms with Crippen LogP contribution in [0, 0.1) is 31.6 Å². The molecular formula is C67H60N2. The first-order chi connectivity index (χ1) is 33.9. The molecule has 2 nitrogen and oxygen atoms in total. The Labute approximate surface area is 409 Å². The van der Waals surface area contributed by atoms with Crippen LogP contribution in [0.3, 0.4) is 0 Å². The minimum atomic E-state index is 0.406. The van der Waals surface area contributed by atoms with E-state index in [0.717, 1.165) is 51.9 Å². The third-order valence-corrected chi connectivity index (χ3v) is 16.1. The van der Waals surface area contributed by atoms with Crippen LogP contribution in [0.2, 0.25) is 0 Å². The second-order valence-electron chi connectivity index (χ2n) is 20.5. The van der Waals surface area contributed by atoms with Crippen LogP contribution in [0.5, 0.6) is 0 Å². The highest BCUT2D eigenvalue weighted by Crippen LogP contribution is 2.59. The maximum Gasteiger partial charge on any atom is 0.0467 e. The highest BCUT2D eigenvalue weighted by Gasteiger charge is 2.49. The smallest absolute Gasteiger partial charge is 0.0467 e. The second kappa shape index (κ2) is 18.2. The van der Waals surface area contributed by atoms with E-state index in [-0.39, 0.29) is 0 Å². The summed E-state index contributed by atoms with van der Waals surface area (Å²) in [6.45, 7) is 4.28. The van der Waals surface area contributed by atoms with Crippen molar-refractivity contribution in [2.75, 3.05) is 9.80 Å². The Hall–Kier alpha value is -7.42. The summed E-state index contributed by atoms with van der Waals surface area (Å²) in [4.78, 5) is 4.72. The lowest BCUT2D eigenvalue weighted by atomic mass is 9.50. The Morgan fingerprint density at radius 1 is 0.333 bits per heavy atom. The fraction of sp³-hybridized carbons (Fsp3) is 0.194. The lowest BCUT2D eigenvalue weighted by Crippen LogP contribution is -2.46. The Kier molecular flexibility index (Phi) is 11.3. The Morgan fingerprint density at radius 2 is 0.739 bits per heavy atom. The summed E-state index contributed by atoms with van der Waals surface area (Å²) in [5.74, 6) is 2.89. The molecule has 3 saturated carbocycles. The first-order valence-corrected chi connectivity index (χ1v) is 25.3. The summed E-state index contributed by atoms with van der Waals surface area (Å²) in [5, 5.41) is 0. The zero-order valence-corrected chi connectivity index (χ0v) is 39.9. The molecule has 12 rings (SSSR count). The summed E-state index contributed by atoms with van der Waals surface area (Å²) in [6.07, 6.45) is 10.1. The molecule has 69 heavy (non-hydrogen) atoms. The third-order valence-electron chi connectivity index (χ3n) is 16.1. The van der Waals surface area contributed by atoms with E-state index in [0.29, 0.717) is 5.41 Å². The summed E-state index contributed by atoms with van der Waals surface area (Å²) < 4.78 is 0. The summed E-state index contributed by atoms with van der Waals surface area (Å²) in [7, 11) is 0. The van der Waals surface area contributed by atoms with Gasteiger partial charge in [-0.05, 0) is 198 Å². The quantitative estimate of drug-likeness (QED) is 0.128. The number of hydrogen-bond acceptors (Lipinski definition) is 2. The Morgan fingerprint density at radius 3 is 1.25 bits per heavy atom. The molecule has 0 radical (unpaired) electrons. The van der Waals surface area contributed by atoms with Gasteiger partial charge in [-0.25, -0.2) is 0 Å². The summed E-state index contributed by atoms with van der Waals surface area (Å²) in [6, 6.07) is 83.1. The molecule has 3 fully saturated rings. The largest absolute Gasteiger partial charge is 0.311 e. The second-order valence-corrected chi connectivity index (χ2v) is 20.5. The number of nitrogens with zero attached hydrogens (tertiary/aromatic N) is 2. The zero-order chi connectivity index (χ0) is 46.3. The van der Waals surface area contributed by atoms with Gasteiger partial charge in [0.1, 0.15) is 0 Å². The first kappa shape index (κ1) is 42.9. The van der Waals surface area contributed by atoms with Gasteiger partial charge in [0.25, 0.3) is 0 Å². The molecule has 3 aliphatic rings. The van der Waals surface area contributed by atoms with Gasteiger partial charge in [-0.15, -0.1) is 0 Å². The molecule has 4 atom stereocenters. The predicted octanol–water partition coefficient (Wildman–Crippen LogP) is 18.8. The monoisotopic (exact) mass is 892 g/mol. The lowest BCUT2D eigenvalue weighted by Gasteiger charge is -2.55. The highest BCUT2D eigenvalue weighted by molar-refractivity contribution is 5.83. The number of anilines is 6. The van der Waals surface area contributed by atoms with E-state index < -0.39 is 0 Å². The van der Waals surface area contributed by atoms with Crippen LogP contribution in [0.4, 0.5) is 34.1 Å². The van der Waals surface area contributed by atoms with Gasteiger partial charge in [-0.2, -0.15) is 0 Å². The van der Waals surface area contributed by atoms with Crippen LogP contribution in [0.15, 0.2) is 224 Å². The van der Waals surface area contributed by atoms with Crippen molar-refractivity contribution in [1.29, 1.82) is 0 Å². The maximum absolute atomic E-state index is 2.48. The number of rotatable bonds is 11. The summed E-state index contributed by atoms with van der Waals surface area (Å²) >= 11 is 0. The Balaban J connectivity index is 0.811. The SMILES string of the molecule is Cc1ccc(N(c2ccc(C)cc2)c2cccc(-c3ccc(-c4ccc(N(c5ccc(-c6ccccc6)cc5)c5ccc(-c6ccc(C78CCC9CCC(CC9C7)C8)cc6)cc5)cc4)cc3)c2)cc1. The molecule has 2 heteroatoms. The van der Waals surface area contributed by atoms with Crippen LogP contribution in [-0.4, -0.2) is 0 Å². The normalized spacial score (nSPS) is 19.2. The van der Waals surface area contributed by atoms with Crippen molar-refractivity contribution in [2.24, 2.45) is 17.8 Å². The van der Waals surface area contributed by atoms with E-state index in [1.54, 1.807) is 5.56 Å². The zero-order valence-electron chi connectivity index (χ0n) is 39.9. The van der Waals surface area contributed by atoms with Crippen LogP contribution in [0.25, 0.3) is 44.5 Å². The third kappa shape index (κ3) is 8.59. The molecule has 0 aromatic heterocycles. The number of benzene rings is 9. The van der Waals surface area contributed by atoms with Gasteiger partial charge < -0.3 is 9.80 Å².